The maximum absolute atomic E-state index is 13.1. The van der Waals surface area contributed by atoms with Gasteiger partial charge in [0, 0.05) is 24.9 Å². The highest BCUT2D eigenvalue weighted by atomic mass is 32.2. The molecule has 3 rings (SSSR count). The Morgan fingerprint density at radius 3 is 2.12 bits per heavy atom. The van der Waals surface area contributed by atoms with Crippen LogP contribution in [0.4, 0.5) is 0 Å². The summed E-state index contributed by atoms with van der Waals surface area (Å²) < 4.78 is 27.8. The van der Waals surface area contributed by atoms with E-state index in [0.29, 0.717) is 18.8 Å². The quantitative estimate of drug-likeness (QED) is 0.823. The van der Waals surface area contributed by atoms with Crippen molar-refractivity contribution in [2.24, 2.45) is 0 Å². The molecule has 1 saturated heterocycles. The van der Waals surface area contributed by atoms with E-state index in [2.05, 4.69) is 4.98 Å². The molecule has 26 heavy (non-hydrogen) atoms. The van der Waals surface area contributed by atoms with Gasteiger partial charge in [0.15, 0.2) is 5.03 Å². The average Bonchev–Trinajstić information content (AvgIpc) is 2.82. The maximum Gasteiger partial charge on any atom is 0.260 e. The fraction of sp³-hybridized carbons (Fsp3) is 0.400. The van der Waals surface area contributed by atoms with E-state index < -0.39 is 10.0 Å². The Kier molecular flexibility index (Phi) is 6.16. The van der Waals surface area contributed by atoms with Gasteiger partial charge in [-0.2, -0.15) is 4.31 Å². The molecule has 0 aliphatic carbocycles. The first-order valence-corrected chi connectivity index (χ1v) is 10.6. The molecule has 6 heteroatoms. The molecule has 0 radical (unpaired) electrons. The second kappa shape index (κ2) is 8.56. The van der Waals surface area contributed by atoms with Gasteiger partial charge in [-0.15, -0.1) is 0 Å². The fourth-order valence-corrected chi connectivity index (χ4v) is 4.70. The Balaban J connectivity index is 1.88. The number of benzene rings is 1. The summed E-state index contributed by atoms with van der Waals surface area (Å²) in [5.41, 5.74) is 2.28. The molecule has 2 aromatic rings. The summed E-state index contributed by atoms with van der Waals surface area (Å²) in [6, 6.07) is 12.5. The zero-order chi connectivity index (χ0) is 18.4. The highest BCUT2D eigenvalue weighted by Gasteiger charge is 2.25. The van der Waals surface area contributed by atoms with Gasteiger partial charge in [-0.3, -0.25) is 0 Å². The topological polar surface area (TPSA) is 74.1 Å². The first kappa shape index (κ1) is 18.7. The lowest BCUT2D eigenvalue weighted by Gasteiger charge is -2.21. The van der Waals surface area contributed by atoms with Crippen molar-refractivity contribution in [1.82, 2.24) is 9.29 Å². The summed E-state index contributed by atoms with van der Waals surface area (Å²) in [6.45, 7) is 1.14. The van der Waals surface area contributed by atoms with Gasteiger partial charge in [-0.1, -0.05) is 56.0 Å². The Hall–Kier alpha value is -2.05. The second-order valence-electron chi connectivity index (χ2n) is 6.65. The largest absolute Gasteiger partial charge is 0.308 e. The van der Waals surface area contributed by atoms with Crippen LogP contribution >= 0.6 is 0 Å². The van der Waals surface area contributed by atoms with Crippen LogP contribution in [0.5, 0.6) is 0 Å². The minimum absolute atomic E-state index is 0.116. The van der Waals surface area contributed by atoms with Crippen LogP contribution in [-0.4, -0.2) is 37.0 Å². The number of nitrogens with one attached hydrogen (secondary N) is 1. The Morgan fingerprint density at radius 2 is 1.50 bits per heavy atom. The molecule has 1 aromatic carbocycles. The van der Waals surface area contributed by atoms with E-state index in [1.54, 1.807) is 16.4 Å². The molecule has 0 spiro atoms. The molecule has 0 saturated carbocycles. The van der Waals surface area contributed by atoms with E-state index >= 15 is 0 Å². The summed E-state index contributed by atoms with van der Waals surface area (Å²) in [6.07, 6.45) is 7.63. The predicted octanol–water partition coefficient (Wildman–Crippen LogP) is 4.09. The van der Waals surface area contributed by atoms with Crippen molar-refractivity contribution < 1.29 is 8.42 Å². The number of sulfonamides is 1. The summed E-state index contributed by atoms with van der Waals surface area (Å²) in [4.78, 5) is 4.44. The van der Waals surface area contributed by atoms with Gasteiger partial charge in [-0.05, 0) is 30.5 Å². The highest BCUT2D eigenvalue weighted by Crippen LogP contribution is 2.22. The lowest BCUT2D eigenvalue weighted by molar-refractivity contribution is 0.399. The predicted molar refractivity (Wildman–Crippen MR) is 104 cm³/mol. The maximum atomic E-state index is 13.1. The molecule has 1 aliphatic heterocycles. The number of nitrogens with zero attached hydrogens (tertiary/aromatic N) is 2. The van der Waals surface area contributed by atoms with E-state index in [1.807, 2.05) is 30.3 Å². The van der Waals surface area contributed by atoms with Crippen molar-refractivity contribution in [1.29, 1.82) is 5.41 Å². The SMILES string of the molecule is N=Cc1ccc(-c2cccc(S(=O)(=O)N3CCCCCCCC3)n2)cc1. The summed E-state index contributed by atoms with van der Waals surface area (Å²) >= 11 is 0. The molecule has 1 fully saturated rings. The summed E-state index contributed by atoms with van der Waals surface area (Å²) in [5, 5.41) is 7.39. The monoisotopic (exact) mass is 371 g/mol. The van der Waals surface area contributed by atoms with E-state index in [-0.39, 0.29) is 5.03 Å². The third kappa shape index (κ3) is 4.37. The van der Waals surface area contributed by atoms with Gasteiger partial charge in [0.25, 0.3) is 10.0 Å². The zero-order valence-electron chi connectivity index (χ0n) is 14.9. The van der Waals surface area contributed by atoms with Crippen LogP contribution < -0.4 is 0 Å². The molecule has 0 amide bonds. The molecule has 0 atom stereocenters. The van der Waals surface area contributed by atoms with Crippen molar-refractivity contribution in [3.63, 3.8) is 0 Å². The van der Waals surface area contributed by atoms with Gasteiger partial charge >= 0.3 is 0 Å². The normalized spacial score (nSPS) is 17.1. The molecule has 0 unspecified atom stereocenters. The van der Waals surface area contributed by atoms with E-state index in [0.717, 1.165) is 36.8 Å². The van der Waals surface area contributed by atoms with Gasteiger partial charge in [0.1, 0.15) is 0 Å². The summed E-state index contributed by atoms with van der Waals surface area (Å²) in [5.74, 6) is 0. The average molecular weight is 372 g/mol. The molecule has 1 aliphatic rings. The van der Waals surface area contributed by atoms with Crippen molar-refractivity contribution in [3.05, 3.63) is 48.0 Å². The van der Waals surface area contributed by atoms with Crippen molar-refractivity contribution in [3.8, 4) is 11.3 Å². The zero-order valence-corrected chi connectivity index (χ0v) is 15.7. The van der Waals surface area contributed by atoms with E-state index in [1.165, 1.54) is 19.1 Å². The standard InChI is InChI=1S/C20H25N3O2S/c21-16-17-10-12-18(13-11-17)19-8-7-9-20(22-19)26(24,25)23-14-5-3-1-2-4-6-15-23/h7-13,16,21H,1-6,14-15H2. The van der Waals surface area contributed by atoms with Gasteiger partial charge in [0.05, 0.1) is 5.69 Å². The van der Waals surface area contributed by atoms with Crippen LogP contribution in [0, 0.1) is 5.41 Å². The van der Waals surface area contributed by atoms with E-state index in [9.17, 15) is 8.42 Å². The molecule has 5 nitrogen and oxygen atoms in total. The number of pyridine rings is 1. The summed E-state index contributed by atoms with van der Waals surface area (Å²) in [7, 11) is -3.58. The fourth-order valence-electron chi connectivity index (χ4n) is 3.24. The smallest absolute Gasteiger partial charge is 0.260 e. The Labute approximate surface area is 155 Å². The third-order valence-electron chi connectivity index (χ3n) is 4.77. The van der Waals surface area contributed by atoms with Crippen LogP contribution in [0.15, 0.2) is 47.5 Å². The molecule has 2 heterocycles. The lowest BCUT2D eigenvalue weighted by Crippen LogP contribution is -2.33. The van der Waals surface area contributed by atoms with Gasteiger partial charge in [0.2, 0.25) is 0 Å². The lowest BCUT2D eigenvalue weighted by atomic mass is 10.1. The minimum Gasteiger partial charge on any atom is -0.308 e. The van der Waals surface area contributed by atoms with Crippen molar-refractivity contribution in [2.75, 3.05) is 13.1 Å². The van der Waals surface area contributed by atoms with Crippen LogP contribution in [0.3, 0.4) is 0 Å². The first-order valence-electron chi connectivity index (χ1n) is 9.19. The Bertz CT molecular complexity index is 838. The molecule has 1 N–H and O–H groups in total. The molecular formula is C20H25N3O2S. The number of hydrogen-bond donors (Lipinski definition) is 1. The number of rotatable bonds is 4. The van der Waals surface area contributed by atoms with Crippen molar-refractivity contribution >= 4 is 16.2 Å². The second-order valence-corrected chi connectivity index (χ2v) is 8.54. The van der Waals surface area contributed by atoms with Crippen LogP contribution in [0.1, 0.15) is 44.1 Å². The number of aromatic nitrogens is 1. The van der Waals surface area contributed by atoms with Crippen LogP contribution in [0.2, 0.25) is 0 Å². The third-order valence-corrected chi connectivity index (χ3v) is 6.57. The minimum atomic E-state index is -3.58. The Morgan fingerprint density at radius 1 is 0.885 bits per heavy atom. The first-order chi connectivity index (χ1) is 12.6. The molecule has 138 valence electrons. The van der Waals surface area contributed by atoms with Gasteiger partial charge in [-0.25, -0.2) is 13.4 Å². The van der Waals surface area contributed by atoms with Crippen LogP contribution in [0.25, 0.3) is 11.3 Å². The van der Waals surface area contributed by atoms with Crippen molar-refractivity contribution in [2.45, 2.75) is 43.6 Å². The van der Waals surface area contributed by atoms with E-state index in [4.69, 9.17) is 5.41 Å². The van der Waals surface area contributed by atoms with Gasteiger partial charge < -0.3 is 5.41 Å². The number of hydrogen-bond acceptors (Lipinski definition) is 4. The highest BCUT2D eigenvalue weighted by molar-refractivity contribution is 7.89. The molecular weight excluding hydrogens is 346 g/mol. The molecule has 1 aromatic heterocycles. The van der Waals surface area contributed by atoms with Crippen LogP contribution in [-0.2, 0) is 10.0 Å². The molecule has 0 bridgehead atoms.